The average molecular weight is 773 g/mol. The van der Waals surface area contributed by atoms with Gasteiger partial charge in [0.25, 0.3) is 0 Å². The van der Waals surface area contributed by atoms with Crippen molar-refractivity contribution >= 4 is 64.8 Å². The maximum absolute atomic E-state index is 9.75. The summed E-state index contributed by atoms with van der Waals surface area (Å²) in [6.45, 7) is 0. The molecule has 0 aliphatic carbocycles. The van der Waals surface area contributed by atoms with E-state index in [2.05, 4.69) is 163 Å². The molecule has 0 saturated heterocycles. The third kappa shape index (κ3) is 5.07. The van der Waals surface area contributed by atoms with Gasteiger partial charge in [-0.15, -0.1) is 0 Å². The Bertz CT molecular complexity index is 3780. The van der Waals surface area contributed by atoms with E-state index in [0.29, 0.717) is 5.56 Å². The van der Waals surface area contributed by atoms with Gasteiger partial charge in [0.1, 0.15) is 11.5 Å². The minimum Gasteiger partial charge on any atom is -0.456 e. The highest BCUT2D eigenvalue weighted by atomic mass is 16.5. The number of fused-ring (bicyclic) bond motifs is 4. The lowest BCUT2D eigenvalue weighted by Gasteiger charge is -2.22. The summed E-state index contributed by atoms with van der Waals surface area (Å²) in [5.41, 5.74) is 13.2. The number of hydrogen-bond acceptors (Lipinski definition) is 3. The molecule has 13 rings (SSSR count). The summed E-state index contributed by atoms with van der Waals surface area (Å²) in [5, 5.41) is 22.8. The van der Waals surface area contributed by atoms with Crippen molar-refractivity contribution in [3.63, 3.8) is 0 Å². The average Bonchev–Trinajstić information content (AvgIpc) is 3.32. The van der Waals surface area contributed by atoms with Gasteiger partial charge in [-0.25, -0.2) is 0 Å². The minimum atomic E-state index is 0.656. The number of hydrogen-bond donors (Lipinski definition) is 0. The zero-order valence-corrected chi connectivity index (χ0v) is 32.8. The van der Waals surface area contributed by atoms with Gasteiger partial charge in [-0.3, -0.25) is 4.98 Å². The molecule has 0 saturated carbocycles. The van der Waals surface area contributed by atoms with Crippen LogP contribution in [-0.4, -0.2) is 4.98 Å². The Balaban J connectivity index is 0.871. The lowest BCUT2D eigenvalue weighted by Crippen LogP contribution is -1.98. The summed E-state index contributed by atoms with van der Waals surface area (Å²) in [6, 6.07) is 70.0. The van der Waals surface area contributed by atoms with Gasteiger partial charge >= 0.3 is 0 Å². The van der Waals surface area contributed by atoms with Crippen LogP contribution in [0.3, 0.4) is 0 Å². The predicted molar refractivity (Wildman–Crippen MR) is 252 cm³/mol. The molecule has 280 valence electrons. The third-order valence-corrected chi connectivity index (χ3v) is 12.9. The van der Waals surface area contributed by atoms with Gasteiger partial charge < -0.3 is 4.74 Å². The van der Waals surface area contributed by atoms with E-state index >= 15 is 0 Å². The van der Waals surface area contributed by atoms with E-state index in [4.69, 9.17) is 4.74 Å². The van der Waals surface area contributed by atoms with Crippen LogP contribution in [0.4, 0.5) is 0 Å². The lowest BCUT2D eigenvalue weighted by molar-refractivity contribution is 0.487. The zero-order chi connectivity index (χ0) is 40.2. The SMILES string of the molecule is N#Cc1ccc2c3c(cccc13)Oc1cc(-c3ccc(-c4cc5ccc6cc(-c7ccc(-c8cccc9cccnc89)cc7)cc7ccc(c4)c5c67)c4ccccc34)ccc1-2. The van der Waals surface area contributed by atoms with E-state index < -0.39 is 0 Å². The molecule has 11 aromatic carbocycles. The van der Waals surface area contributed by atoms with Gasteiger partial charge in [-0.2, -0.15) is 5.26 Å². The van der Waals surface area contributed by atoms with E-state index in [1.807, 2.05) is 42.6 Å². The number of benzene rings is 11. The Labute approximate surface area is 351 Å². The first-order chi connectivity index (χ1) is 30.2. The lowest BCUT2D eigenvalue weighted by atomic mass is 9.87. The normalized spacial score (nSPS) is 12.0. The Kier molecular flexibility index (Phi) is 7.08. The van der Waals surface area contributed by atoms with Gasteiger partial charge in [0, 0.05) is 33.5 Å². The molecule has 0 amide bonds. The molecule has 0 fully saturated rings. The van der Waals surface area contributed by atoms with Crippen molar-refractivity contribution in [2.45, 2.75) is 0 Å². The zero-order valence-electron chi connectivity index (χ0n) is 32.8. The summed E-state index contributed by atoms with van der Waals surface area (Å²) in [6.07, 6.45) is 1.87. The summed E-state index contributed by atoms with van der Waals surface area (Å²) in [7, 11) is 0. The van der Waals surface area contributed by atoms with Crippen LogP contribution in [0.15, 0.2) is 194 Å². The van der Waals surface area contributed by atoms with E-state index in [-0.39, 0.29) is 0 Å². The van der Waals surface area contributed by atoms with Crippen molar-refractivity contribution in [1.29, 1.82) is 5.26 Å². The molecule has 0 N–H and O–H groups in total. The molecule has 1 aliphatic rings. The fourth-order valence-electron chi connectivity index (χ4n) is 10.0. The van der Waals surface area contributed by atoms with Crippen molar-refractivity contribution in [3.8, 4) is 73.2 Å². The standard InChI is InChI=1S/C58H32N2O/c59-33-42-22-24-52-51-23-21-37(32-54(51)61-53-12-4-10-47(42)57(52)53)45-25-26-46(50-9-2-1-8-49(45)50)44-30-40-19-17-38-28-43(29-39-18-20-41(31-44)56(40)55(38)39)34-13-15-35(16-14-34)48-11-3-6-36-7-5-27-60-58(36)48/h1-32H. The largest absolute Gasteiger partial charge is 0.456 e. The maximum atomic E-state index is 9.75. The first-order valence-corrected chi connectivity index (χ1v) is 20.6. The summed E-state index contributed by atoms with van der Waals surface area (Å²) < 4.78 is 6.56. The quantitative estimate of drug-likeness (QED) is 0.167. The van der Waals surface area contributed by atoms with Crippen molar-refractivity contribution in [3.05, 3.63) is 200 Å². The number of nitrogens with zero attached hydrogens (tertiary/aromatic N) is 2. The Hall–Kier alpha value is -8.32. The van der Waals surface area contributed by atoms with E-state index in [9.17, 15) is 5.26 Å². The monoisotopic (exact) mass is 772 g/mol. The summed E-state index contributed by atoms with van der Waals surface area (Å²) >= 11 is 0. The molecule has 1 aliphatic heterocycles. The van der Waals surface area contributed by atoms with Crippen LogP contribution in [0.2, 0.25) is 0 Å². The highest BCUT2D eigenvalue weighted by Gasteiger charge is 2.23. The van der Waals surface area contributed by atoms with E-state index in [0.717, 1.165) is 61.0 Å². The first kappa shape index (κ1) is 33.6. The predicted octanol–water partition coefficient (Wildman–Crippen LogP) is 15.8. The maximum Gasteiger partial charge on any atom is 0.135 e. The molecule has 3 nitrogen and oxygen atoms in total. The molecule has 61 heavy (non-hydrogen) atoms. The third-order valence-electron chi connectivity index (χ3n) is 12.9. The van der Waals surface area contributed by atoms with Crippen LogP contribution in [0.25, 0.3) is 120 Å². The Morgan fingerprint density at radius 1 is 0.361 bits per heavy atom. The molecule has 1 aromatic heterocycles. The molecular weight excluding hydrogens is 741 g/mol. The van der Waals surface area contributed by atoms with Crippen LogP contribution < -0.4 is 4.74 Å². The summed E-state index contributed by atoms with van der Waals surface area (Å²) in [4.78, 5) is 4.68. The summed E-state index contributed by atoms with van der Waals surface area (Å²) in [5.74, 6) is 1.60. The van der Waals surface area contributed by atoms with E-state index in [1.165, 1.54) is 70.9 Å². The van der Waals surface area contributed by atoms with Gasteiger partial charge in [0.2, 0.25) is 0 Å². The first-order valence-electron chi connectivity index (χ1n) is 20.6. The van der Waals surface area contributed by atoms with Gasteiger partial charge in [-0.1, -0.05) is 133 Å². The van der Waals surface area contributed by atoms with Crippen LogP contribution in [0, 0.1) is 11.3 Å². The van der Waals surface area contributed by atoms with Crippen LogP contribution in [-0.2, 0) is 0 Å². The van der Waals surface area contributed by atoms with Crippen molar-refractivity contribution in [1.82, 2.24) is 4.98 Å². The number of ether oxygens (including phenoxy) is 1. The van der Waals surface area contributed by atoms with Crippen LogP contribution in [0.5, 0.6) is 11.5 Å². The smallest absolute Gasteiger partial charge is 0.135 e. The van der Waals surface area contributed by atoms with Crippen LogP contribution in [0.1, 0.15) is 5.56 Å². The second-order valence-corrected chi connectivity index (χ2v) is 16.2. The van der Waals surface area contributed by atoms with Crippen molar-refractivity contribution in [2.24, 2.45) is 0 Å². The number of rotatable bonds is 4. The molecule has 0 bridgehead atoms. The molecule has 12 aromatic rings. The number of pyridine rings is 1. The molecule has 0 unspecified atom stereocenters. The van der Waals surface area contributed by atoms with E-state index in [1.54, 1.807) is 0 Å². The Morgan fingerprint density at radius 3 is 1.67 bits per heavy atom. The topological polar surface area (TPSA) is 45.9 Å². The fourth-order valence-corrected chi connectivity index (χ4v) is 10.0. The Morgan fingerprint density at radius 2 is 0.951 bits per heavy atom. The minimum absolute atomic E-state index is 0.656. The number of aromatic nitrogens is 1. The number of para-hydroxylation sites is 1. The fraction of sp³-hybridized carbons (Fsp3) is 0. The van der Waals surface area contributed by atoms with Crippen molar-refractivity contribution < 1.29 is 4.74 Å². The highest BCUT2D eigenvalue weighted by Crippen LogP contribution is 2.49. The molecular formula is C58H32N2O. The van der Waals surface area contributed by atoms with Crippen LogP contribution >= 0.6 is 0 Å². The van der Waals surface area contributed by atoms with Gasteiger partial charge in [0.05, 0.1) is 17.1 Å². The molecule has 0 radical (unpaired) electrons. The van der Waals surface area contributed by atoms with Crippen molar-refractivity contribution in [2.75, 3.05) is 0 Å². The molecule has 2 heterocycles. The van der Waals surface area contributed by atoms with Gasteiger partial charge in [-0.05, 0) is 142 Å². The second-order valence-electron chi connectivity index (χ2n) is 16.2. The molecule has 0 atom stereocenters. The molecule has 0 spiro atoms. The second kappa shape index (κ2) is 12.8. The van der Waals surface area contributed by atoms with Gasteiger partial charge in [0.15, 0.2) is 0 Å². The number of nitriles is 1. The highest BCUT2D eigenvalue weighted by molar-refractivity contribution is 6.25. The molecule has 3 heteroatoms.